The van der Waals surface area contributed by atoms with Crippen molar-refractivity contribution in [1.82, 2.24) is 10.2 Å². The van der Waals surface area contributed by atoms with Gasteiger partial charge >= 0.3 is 0 Å². The minimum atomic E-state index is 0.113. The second-order valence-corrected chi connectivity index (χ2v) is 5.70. The molecule has 1 aliphatic heterocycles. The van der Waals surface area contributed by atoms with Gasteiger partial charge in [-0.25, -0.2) is 0 Å². The third-order valence-electron chi connectivity index (χ3n) is 4.37. The van der Waals surface area contributed by atoms with E-state index in [1.165, 1.54) is 18.9 Å². The van der Waals surface area contributed by atoms with Gasteiger partial charge in [0.25, 0.3) is 0 Å². The standard InChI is InChI=1S/C16H26N2O2/c1-3-18(11-13-6-8-17-9-7-13)12(2)15-10-14(19)4-5-16(15)20/h4-5,10,12-13,17,19-20H,3,6-9,11H2,1-2H3. The summed E-state index contributed by atoms with van der Waals surface area (Å²) < 4.78 is 0. The minimum Gasteiger partial charge on any atom is -0.508 e. The van der Waals surface area contributed by atoms with Gasteiger partial charge in [-0.15, -0.1) is 0 Å². The number of benzene rings is 1. The summed E-state index contributed by atoms with van der Waals surface area (Å²) in [7, 11) is 0. The smallest absolute Gasteiger partial charge is 0.120 e. The molecule has 1 saturated heterocycles. The van der Waals surface area contributed by atoms with Crippen LogP contribution in [0.2, 0.25) is 0 Å². The van der Waals surface area contributed by atoms with Gasteiger partial charge in [0, 0.05) is 18.2 Å². The van der Waals surface area contributed by atoms with Gasteiger partial charge in [0.15, 0.2) is 0 Å². The van der Waals surface area contributed by atoms with E-state index >= 15 is 0 Å². The van der Waals surface area contributed by atoms with Gasteiger partial charge < -0.3 is 15.5 Å². The van der Waals surface area contributed by atoms with Crippen molar-refractivity contribution in [2.75, 3.05) is 26.2 Å². The van der Waals surface area contributed by atoms with Crippen molar-refractivity contribution in [2.24, 2.45) is 5.92 Å². The first-order valence-corrected chi connectivity index (χ1v) is 7.58. The van der Waals surface area contributed by atoms with Crippen molar-refractivity contribution in [3.8, 4) is 11.5 Å². The molecule has 1 atom stereocenters. The van der Waals surface area contributed by atoms with E-state index in [1.807, 2.05) is 0 Å². The Bertz CT molecular complexity index is 430. The molecule has 20 heavy (non-hydrogen) atoms. The van der Waals surface area contributed by atoms with E-state index in [4.69, 9.17) is 0 Å². The number of phenols is 2. The van der Waals surface area contributed by atoms with Gasteiger partial charge in [0.1, 0.15) is 11.5 Å². The highest BCUT2D eigenvalue weighted by Crippen LogP contribution is 2.32. The normalized spacial score (nSPS) is 18.4. The van der Waals surface area contributed by atoms with Gasteiger partial charge in [-0.3, -0.25) is 4.90 Å². The number of hydrogen-bond donors (Lipinski definition) is 3. The first kappa shape index (κ1) is 15.1. The maximum atomic E-state index is 10.0. The third kappa shape index (κ3) is 3.64. The maximum absolute atomic E-state index is 10.0. The molecule has 0 radical (unpaired) electrons. The monoisotopic (exact) mass is 278 g/mol. The van der Waals surface area contributed by atoms with E-state index in [9.17, 15) is 10.2 Å². The number of phenolic OH excluding ortho intramolecular Hbond substituents is 2. The molecule has 0 spiro atoms. The number of nitrogens with one attached hydrogen (secondary N) is 1. The van der Waals surface area contributed by atoms with Gasteiger partial charge in [0.05, 0.1) is 0 Å². The van der Waals surface area contributed by atoms with Crippen LogP contribution in [0.15, 0.2) is 18.2 Å². The fourth-order valence-corrected chi connectivity index (χ4v) is 3.03. The topological polar surface area (TPSA) is 55.7 Å². The molecule has 4 nitrogen and oxygen atoms in total. The Morgan fingerprint density at radius 1 is 1.30 bits per heavy atom. The van der Waals surface area contributed by atoms with Crippen molar-refractivity contribution in [3.05, 3.63) is 23.8 Å². The fraction of sp³-hybridized carbons (Fsp3) is 0.625. The molecule has 112 valence electrons. The lowest BCUT2D eigenvalue weighted by molar-refractivity contribution is 0.166. The average Bonchev–Trinajstić information content (AvgIpc) is 2.47. The molecule has 1 heterocycles. The Kier molecular flexibility index (Phi) is 5.26. The summed E-state index contributed by atoms with van der Waals surface area (Å²) in [4.78, 5) is 2.38. The molecule has 2 rings (SSSR count). The van der Waals surface area contributed by atoms with Gasteiger partial charge in [0.2, 0.25) is 0 Å². The molecule has 1 fully saturated rings. The van der Waals surface area contributed by atoms with Crippen LogP contribution in [0.4, 0.5) is 0 Å². The largest absolute Gasteiger partial charge is 0.508 e. The van der Waals surface area contributed by atoms with Crippen LogP contribution in [0.1, 0.15) is 38.3 Å². The fourth-order valence-electron chi connectivity index (χ4n) is 3.03. The summed E-state index contributed by atoms with van der Waals surface area (Å²) in [6.45, 7) is 8.45. The van der Waals surface area contributed by atoms with Crippen LogP contribution in [0, 0.1) is 5.92 Å². The summed E-state index contributed by atoms with van der Waals surface area (Å²) in [6.07, 6.45) is 2.44. The lowest BCUT2D eigenvalue weighted by Crippen LogP contribution is -2.37. The lowest BCUT2D eigenvalue weighted by Gasteiger charge is -2.33. The molecule has 0 amide bonds. The van der Waals surface area contributed by atoms with Crippen LogP contribution in [0.5, 0.6) is 11.5 Å². The summed E-state index contributed by atoms with van der Waals surface area (Å²) in [5.74, 6) is 1.19. The molecule has 0 aromatic heterocycles. The van der Waals surface area contributed by atoms with Crippen molar-refractivity contribution in [2.45, 2.75) is 32.7 Å². The quantitative estimate of drug-likeness (QED) is 0.724. The Morgan fingerprint density at radius 2 is 2.00 bits per heavy atom. The van der Waals surface area contributed by atoms with Crippen molar-refractivity contribution in [3.63, 3.8) is 0 Å². The average molecular weight is 278 g/mol. The second-order valence-electron chi connectivity index (χ2n) is 5.70. The predicted octanol–water partition coefficient (Wildman–Crippen LogP) is 2.48. The summed E-state index contributed by atoms with van der Waals surface area (Å²) in [5.41, 5.74) is 0.806. The molecule has 1 unspecified atom stereocenters. The maximum Gasteiger partial charge on any atom is 0.120 e. The zero-order valence-corrected chi connectivity index (χ0v) is 12.5. The molecular weight excluding hydrogens is 252 g/mol. The van der Waals surface area contributed by atoms with Gasteiger partial charge in [-0.2, -0.15) is 0 Å². The highest BCUT2D eigenvalue weighted by molar-refractivity contribution is 5.40. The summed E-state index contributed by atoms with van der Waals surface area (Å²) in [5, 5.41) is 23.0. The Hall–Kier alpha value is -1.26. The molecule has 1 aliphatic rings. The molecular formula is C16H26N2O2. The van der Waals surface area contributed by atoms with Gasteiger partial charge in [-0.1, -0.05) is 6.92 Å². The number of hydrogen-bond acceptors (Lipinski definition) is 4. The van der Waals surface area contributed by atoms with Gasteiger partial charge in [-0.05, 0) is 63.5 Å². The Morgan fingerprint density at radius 3 is 2.65 bits per heavy atom. The summed E-state index contributed by atoms with van der Waals surface area (Å²) in [6, 6.07) is 4.88. The van der Waals surface area contributed by atoms with E-state index in [0.29, 0.717) is 0 Å². The van der Waals surface area contributed by atoms with Crippen LogP contribution in [-0.4, -0.2) is 41.3 Å². The zero-order chi connectivity index (χ0) is 14.5. The Labute approximate surface area is 121 Å². The van der Waals surface area contributed by atoms with Crippen LogP contribution in [0.25, 0.3) is 0 Å². The SMILES string of the molecule is CCN(CC1CCNCC1)C(C)c1cc(O)ccc1O. The second kappa shape index (κ2) is 6.95. The van der Waals surface area contributed by atoms with Crippen LogP contribution < -0.4 is 5.32 Å². The highest BCUT2D eigenvalue weighted by Gasteiger charge is 2.22. The van der Waals surface area contributed by atoms with Crippen molar-refractivity contribution < 1.29 is 10.2 Å². The van der Waals surface area contributed by atoms with Crippen LogP contribution in [-0.2, 0) is 0 Å². The van der Waals surface area contributed by atoms with Crippen LogP contribution in [0.3, 0.4) is 0 Å². The van der Waals surface area contributed by atoms with E-state index in [-0.39, 0.29) is 17.5 Å². The third-order valence-corrected chi connectivity index (χ3v) is 4.37. The molecule has 4 heteroatoms. The number of piperidine rings is 1. The van der Waals surface area contributed by atoms with Crippen molar-refractivity contribution in [1.29, 1.82) is 0 Å². The number of nitrogens with zero attached hydrogens (tertiary/aromatic N) is 1. The summed E-state index contributed by atoms with van der Waals surface area (Å²) >= 11 is 0. The number of rotatable bonds is 5. The van der Waals surface area contributed by atoms with E-state index < -0.39 is 0 Å². The van der Waals surface area contributed by atoms with Crippen LogP contribution >= 0.6 is 0 Å². The molecule has 0 saturated carbocycles. The number of aromatic hydroxyl groups is 2. The van der Waals surface area contributed by atoms with Crippen molar-refractivity contribution >= 4 is 0 Å². The first-order valence-electron chi connectivity index (χ1n) is 7.58. The molecule has 3 N–H and O–H groups in total. The molecule has 0 bridgehead atoms. The lowest BCUT2D eigenvalue weighted by atomic mass is 9.96. The molecule has 1 aromatic rings. The predicted molar refractivity (Wildman–Crippen MR) is 81.0 cm³/mol. The first-order chi connectivity index (χ1) is 9.61. The molecule has 0 aliphatic carbocycles. The highest BCUT2D eigenvalue weighted by atomic mass is 16.3. The van der Waals surface area contributed by atoms with E-state index in [2.05, 4.69) is 24.1 Å². The molecule has 1 aromatic carbocycles. The Balaban J connectivity index is 2.07. The minimum absolute atomic E-state index is 0.113. The van der Waals surface area contributed by atoms with E-state index in [1.54, 1.807) is 12.1 Å². The zero-order valence-electron chi connectivity index (χ0n) is 12.5. The van der Waals surface area contributed by atoms with E-state index in [0.717, 1.165) is 37.7 Å².